The number of carbonyl (C=O) groups is 1. The van der Waals surface area contributed by atoms with E-state index in [-0.39, 0.29) is 23.8 Å². The van der Waals surface area contributed by atoms with E-state index < -0.39 is 0 Å². The summed E-state index contributed by atoms with van der Waals surface area (Å²) in [7, 11) is 0. The summed E-state index contributed by atoms with van der Waals surface area (Å²) in [5.74, 6) is -0.546. The lowest BCUT2D eigenvalue weighted by molar-refractivity contribution is 0.0950. The van der Waals surface area contributed by atoms with E-state index in [1.54, 1.807) is 47.2 Å². The van der Waals surface area contributed by atoms with Gasteiger partial charge in [0.2, 0.25) is 0 Å². The number of hydrogen-bond donors (Lipinski definition) is 1. The maximum absolute atomic E-state index is 14.8. The Morgan fingerprint density at radius 1 is 0.778 bits per heavy atom. The van der Waals surface area contributed by atoms with E-state index in [0.29, 0.717) is 29.5 Å². The highest BCUT2D eigenvalue weighted by molar-refractivity contribution is 5.94. The van der Waals surface area contributed by atoms with E-state index in [1.165, 1.54) is 0 Å². The number of amides is 1. The summed E-state index contributed by atoms with van der Waals surface area (Å²) in [6, 6.07) is 31.6. The van der Waals surface area contributed by atoms with Gasteiger partial charge < -0.3 is 9.88 Å². The zero-order chi connectivity index (χ0) is 24.9. The van der Waals surface area contributed by atoms with Crippen LogP contribution in [0.25, 0.3) is 10.8 Å². The monoisotopic (exact) mass is 476 g/mol. The Labute approximate surface area is 208 Å². The fraction of sp³-hybridized carbons (Fsp3) is 0.0968. The highest BCUT2D eigenvalue weighted by Gasteiger charge is 2.11. The highest BCUT2D eigenvalue weighted by atomic mass is 19.1. The van der Waals surface area contributed by atoms with Crippen molar-refractivity contribution in [2.75, 3.05) is 0 Å². The minimum atomic E-state index is -0.303. The molecule has 4 aromatic carbocycles. The Morgan fingerprint density at radius 3 is 2.39 bits per heavy atom. The number of hydrogen-bond acceptors (Lipinski definition) is 2. The number of carbonyl (C=O) groups excluding carboxylic acids is 1. The Hall–Kier alpha value is -4.51. The van der Waals surface area contributed by atoms with Gasteiger partial charge in [-0.25, -0.2) is 4.39 Å². The summed E-state index contributed by atoms with van der Waals surface area (Å²) in [4.78, 5) is 24.7. The van der Waals surface area contributed by atoms with E-state index in [4.69, 9.17) is 0 Å². The van der Waals surface area contributed by atoms with Crippen LogP contribution in [0.5, 0.6) is 0 Å². The highest BCUT2D eigenvalue weighted by Crippen LogP contribution is 2.21. The Kier molecular flexibility index (Phi) is 6.72. The second kappa shape index (κ2) is 10.4. The molecule has 0 spiro atoms. The molecule has 0 fully saturated rings. The number of halogens is 1. The minimum absolute atomic E-state index is 0.0278. The van der Waals surface area contributed by atoms with Gasteiger partial charge in [0.05, 0.1) is 6.54 Å². The average Bonchev–Trinajstić information content (AvgIpc) is 2.91. The standard InChI is InChI=1S/C31H25FN2O2/c32-30-27(16-15-25-7-1-2-9-28(25)30)20-33-31(36)26-8-5-6-24(19-26)18-22-11-13-23(14-12-22)21-34-17-4-3-10-29(34)35/h1-17,19H,18,20-21H2,(H,33,36). The molecular formula is C31H25FN2O2. The van der Waals surface area contributed by atoms with Crippen LogP contribution < -0.4 is 10.9 Å². The van der Waals surface area contributed by atoms with E-state index in [1.807, 2.05) is 66.7 Å². The molecule has 36 heavy (non-hydrogen) atoms. The molecule has 0 bridgehead atoms. The van der Waals surface area contributed by atoms with Gasteiger partial charge >= 0.3 is 0 Å². The van der Waals surface area contributed by atoms with Crippen molar-refractivity contribution in [3.8, 4) is 0 Å². The van der Waals surface area contributed by atoms with Crippen molar-refractivity contribution in [2.24, 2.45) is 0 Å². The summed E-state index contributed by atoms with van der Waals surface area (Å²) in [5.41, 5.74) is 4.12. The zero-order valence-corrected chi connectivity index (χ0v) is 19.7. The molecule has 1 heterocycles. The number of aromatic nitrogens is 1. The average molecular weight is 477 g/mol. The number of benzene rings is 4. The molecular weight excluding hydrogens is 451 g/mol. The van der Waals surface area contributed by atoms with E-state index in [9.17, 15) is 14.0 Å². The van der Waals surface area contributed by atoms with Gasteiger partial charge in [-0.15, -0.1) is 0 Å². The van der Waals surface area contributed by atoms with Crippen molar-refractivity contribution in [3.05, 3.63) is 153 Å². The van der Waals surface area contributed by atoms with Gasteiger partial charge in [0.15, 0.2) is 0 Å². The summed E-state index contributed by atoms with van der Waals surface area (Å²) < 4.78 is 16.5. The third kappa shape index (κ3) is 5.26. The SMILES string of the molecule is O=C(NCc1ccc2ccccc2c1F)c1cccc(Cc2ccc(Cn3ccccc3=O)cc2)c1. The molecule has 0 radical (unpaired) electrons. The molecule has 178 valence electrons. The molecule has 0 atom stereocenters. The topological polar surface area (TPSA) is 51.1 Å². The molecule has 1 amide bonds. The maximum atomic E-state index is 14.8. The Balaban J connectivity index is 1.23. The van der Waals surface area contributed by atoms with Gasteiger partial charge in [0.1, 0.15) is 5.82 Å². The lowest BCUT2D eigenvalue weighted by Gasteiger charge is -2.10. The van der Waals surface area contributed by atoms with Crippen LogP contribution in [0.3, 0.4) is 0 Å². The van der Waals surface area contributed by atoms with Gasteiger partial charge in [-0.1, -0.05) is 78.9 Å². The van der Waals surface area contributed by atoms with Crippen molar-refractivity contribution in [3.63, 3.8) is 0 Å². The van der Waals surface area contributed by atoms with E-state index >= 15 is 0 Å². The predicted octanol–water partition coefficient (Wildman–Crippen LogP) is 5.71. The number of rotatable bonds is 7. The van der Waals surface area contributed by atoms with Gasteiger partial charge in [0, 0.05) is 35.3 Å². The number of nitrogens with one attached hydrogen (secondary N) is 1. The quantitative estimate of drug-likeness (QED) is 0.327. The van der Waals surface area contributed by atoms with Crippen LogP contribution in [0.15, 0.2) is 114 Å². The lowest BCUT2D eigenvalue weighted by Crippen LogP contribution is -2.23. The number of fused-ring (bicyclic) bond motifs is 1. The molecule has 0 aliphatic carbocycles. The summed E-state index contributed by atoms with van der Waals surface area (Å²) >= 11 is 0. The summed E-state index contributed by atoms with van der Waals surface area (Å²) in [5, 5.41) is 4.22. The van der Waals surface area contributed by atoms with Crippen molar-refractivity contribution in [1.82, 2.24) is 9.88 Å². The molecule has 1 aromatic heterocycles. The molecule has 0 aliphatic rings. The summed E-state index contributed by atoms with van der Waals surface area (Å²) in [6.07, 6.45) is 2.45. The third-order valence-electron chi connectivity index (χ3n) is 6.25. The maximum Gasteiger partial charge on any atom is 0.251 e. The fourth-order valence-electron chi connectivity index (χ4n) is 4.30. The normalized spacial score (nSPS) is 10.9. The van der Waals surface area contributed by atoms with Crippen LogP contribution >= 0.6 is 0 Å². The molecule has 5 rings (SSSR count). The largest absolute Gasteiger partial charge is 0.348 e. The second-order valence-electron chi connectivity index (χ2n) is 8.80. The molecule has 0 unspecified atom stereocenters. The molecule has 5 heteroatoms. The third-order valence-corrected chi connectivity index (χ3v) is 6.25. The number of nitrogens with zero attached hydrogens (tertiary/aromatic N) is 1. The smallest absolute Gasteiger partial charge is 0.251 e. The van der Waals surface area contributed by atoms with Crippen molar-refractivity contribution in [2.45, 2.75) is 19.5 Å². The van der Waals surface area contributed by atoms with Crippen LogP contribution in [-0.2, 0) is 19.5 Å². The Bertz CT molecular complexity index is 1590. The first-order valence-corrected chi connectivity index (χ1v) is 11.8. The van der Waals surface area contributed by atoms with Crippen LogP contribution in [0.4, 0.5) is 4.39 Å². The molecule has 5 aromatic rings. The first-order valence-electron chi connectivity index (χ1n) is 11.8. The van der Waals surface area contributed by atoms with E-state index in [0.717, 1.165) is 22.1 Å². The first-order chi connectivity index (χ1) is 17.6. The Morgan fingerprint density at radius 2 is 1.56 bits per heavy atom. The molecule has 0 saturated carbocycles. The second-order valence-corrected chi connectivity index (χ2v) is 8.80. The molecule has 4 nitrogen and oxygen atoms in total. The van der Waals surface area contributed by atoms with Gasteiger partial charge in [0.25, 0.3) is 11.5 Å². The van der Waals surface area contributed by atoms with Gasteiger partial charge in [-0.2, -0.15) is 0 Å². The summed E-state index contributed by atoms with van der Waals surface area (Å²) in [6.45, 7) is 0.638. The fourth-order valence-corrected chi connectivity index (χ4v) is 4.30. The molecule has 1 N–H and O–H groups in total. The van der Waals surface area contributed by atoms with Crippen LogP contribution in [-0.4, -0.2) is 10.5 Å². The minimum Gasteiger partial charge on any atom is -0.348 e. The molecule has 0 saturated heterocycles. The predicted molar refractivity (Wildman–Crippen MR) is 141 cm³/mol. The van der Waals surface area contributed by atoms with Crippen LogP contribution in [0.2, 0.25) is 0 Å². The van der Waals surface area contributed by atoms with Crippen molar-refractivity contribution in [1.29, 1.82) is 0 Å². The molecule has 0 aliphatic heterocycles. The van der Waals surface area contributed by atoms with Crippen molar-refractivity contribution < 1.29 is 9.18 Å². The zero-order valence-electron chi connectivity index (χ0n) is 19.7. The van der Waals surface area contributed by atoms with Gasteiger partial charge in [-0.05, 0) is 46.7 Å². The van der Waals surface area contributed by atoms with Gasteiger partial charge in [-0.3, -0.25) is 9.59 Å². The van der Waals surface area contributed by atoms with E-state index in [2.05, 4.69) is 5.32 Å². The van der Waals surface area contributed by atoms with Crippen LogP contribution in [0.1, 0.15) is 32.6 Å². The van der Waals surface area contributed by atoms with Crippen LogP contribution in [0, 0.1) is 5.82 Å². The number of pyridine rings is 1. The lowest BCUT2D eigenvalue weighted by atomic mass is 10.0. The first kappa shape index (κ1) is 23.2. The van der Waals surface area contributed by atoms with Crippen molar-refractivity contribution >= 4 is 16.7 Å².